The first kappa shape index (κ1) is 17.7. The molecule has 7 nitrogen and oxygen atoms in total. The fraction of sp³-hybridized carbons (Fsp3) is 0.450. The lowest BCUT2D eigenvalue weighted by Crippen LogP contribution is -2.37. The van der Waals surface area contributed by atoms with Gasteiger partial charge in [0.25, 0.3) is 0 Å². The fourth-order valence-electron chi connectivity index (χ4n) is 3.73. The van der Waals surface area contributed by atoms with Gasteiger partial charge < -0.3 is 20.5 Å². The van der Waals surface area contributed by atoms with Gasteiger partial charge in [0.05, 0.1) is 12.1 Å². The minimum Gasteiger partial charge on any atom is -0.362 e. The molecule has 3 aromatic rings. The smallest absolute Gasteiger partial charge is 0.225 e. The Hall–Kier alpha value is -2.67. The van der Waals surface area contributed by atoms with E-state index >= 15 is 0 Å². The second-order valence-electron chi connectivity index (χ2n) is 7.39. The van der Waals surface area contributed by atoms with Crippen molar-refractivity contribution < 1.29 is 0 Å². The van der Waals surface area contributed by atoms with Crippen molar-refractivity contribution in [2.45, 2.75) is 44.3 Å². The minimum absolute atomic E-state index is 0.419. The van der Waals surface area contributed by atoms with E-state index in [0.29, 0.717) is 12.1 Å². The van der Waals surface area contributed by atoms with E-state index in [0.717, 1.165) is 60.7 Å². The van der Waals surface area contributed by atoms with Gasteiger partial charge in [-0.15, -0.1) is 0 Å². The Labute approximate surface area is 159 Å². The highest BCUT2D eigenvalue weighted by Gasteiger charge is 2.22. The Bertz CT molecular complexity index is 867. The Kier molecular flexibility index (Phi) is 5.20. The molecule has 142 valence electrons. The van der Waals surface area contributed by atoms with Gasteiger partial charge in [0.2, 0.25) is 5.95 Å². The molecule has 2 heterocycles. The molecule has 0 bridgehead atoms. The number of hydrogen-bond acceptors (Lipinski definition) is 6. The molecule has 3 N–H and O–H groups in total. The van der Waals surface area contributed by atoms with Crippen LogP contribution in [0, 0.1) is 0 Å². The third kappa shape index (κ3) is 4.19. The predicted octanol–water partition coefficient (Wildman–Crippen LogP) is 2.93. The molecule has 1 saturated carbocycles. The zero-order valence-corrected chi connectivity index (χ0v) is 15.9. The van der Waals surface area contributed by atoms with Crippen LogP contribution in [0.3, 0.4) is 0 Å². The summed E-state index contributed by atoms with van der Waals surface area (Å²) in [6.45, 7) is 0.801. The number of aromatic nitrogens is 4. The molecule has 4 rings (SSSR count). The van der Waals surface area contributed by atoms with E-state index in [-0.39, 0.29) is 0 Å². The maximum absolute atomic E-state index is 4.76. The van der Waals surface area contributed by atoms with Crippen LogP contribution in [-0.2, 0) is 6.54 Å². The van der Waals surface area contributed by atoms with Crippen molar-refractivity contribution >= 4 is 22.7 Å². The van der Waals surface area contributed by atoms with E-state index in [2.05, 4.69) is 26.7 Å². The van der Waals surface area contributed by atoms with Crippen LogP contribution < -0.4 is 15.5 Å². The van der Waals surface area contributed by atoms with Crippen LogP contribution in [-0.4, -0.2) is 46.1 Å². The molecule has 0 atom stereocenters. The molecule has 1 aromatic carbocycles. The number of fused-ring (bicyclic) bond motifs is 1. The van der Waals surface area contributed by atoms with Crippen LogP contribution in [0.15, 0.2) is 36.7 Å². The van der Waals surface area contributed by atoms with Gasteiger partial charge in [0.15, 0.2) is 0 Å². The summed E-state index contributed by atoms with van der Waals surface area (Å²) >= 11 is 0. The fourth-order valence-corrected chi connectivity index (χ4v) is 3.73. The number of aromatic amines is 1. The maximum atomic E-state index is 4.76. The standard InChI is InChI=1S/C20H27N7/c1-27(2)19-16-5-3-4-6-17(16)25-20(26-19)24-15-9-7-14(8-10-15)23-13-18-21-11-12-22-18/h3-6,11-12,14-15,23H,7-10,13H2,1-2H3,(H,21,22)(H,24,25,26). The van der Waals surface area contributed by atoms with Crippen LogP contribution in [0.25, 0.3) is 10.9 Å². The molecule has 0 aliphatic heterocycles. The zero-order chi connectivity index (χ0) is 18.6. The molecule has 1 fully saturated rings. The van der Waals surface area contributed by atoms with E-state index in [9.17, 15) is 0 Å². The second kappa shape index (κ2) is 7.92. The van der Waals surface area contributed by atoms with Crippen molar-refractivity contribution in [3.63, 3.8) is 0 Å². The summed E-state index contributed by atoms with van der Waals surface area (Å²) in [5.74, 6) is 2.68. The number of anilines is 2. The van der Waals surface area contributed by atoms with Gasteiger partial charge >= 0.3 is 0 Å². The van der Waals surface area contributed by atoms with Gasteiger partial charge in [-0.05, 0) is 37.8 Å². The van der Waals surface area contributed by atoms with Crippen LogP contribution in [0.5, 0.6) is 0 Å². The number of imidazole rings is 1. The number of para-hydroxylation sites is 1. The van der Waals surface area contributed by atoms with Crippen LogP contribution in [0.2, 0.25) is 0 Å². The maximum Gasteiger partial charge on any atom is 0.225 e. The van der Waals surface area contributed by atoms with Crippen molar-refractivity contribution in [1.29, 1.82) is 0 Å². The molecule has 27 heavy (non-hydrogen) atoms. The number of hydrogen-bond donors (Lipinski definition) is 3. The molecule has 2 aromatic heterocycles. The summed E-state index contributed by atoms with van der Waals surface area (Å²) in [5, 5.41) is 8.24. The molecule has 7 heteroatoms. The molecular weight excluding hydrogens is 338 g/mol. The quantitative estimate of drug-likeness (QED) is 0.623. The number of nitrogens with zero attached hydrogens (tertiary/aromatic N) is 4. The normalized spacial score (nSPS) is 19.9. The Morgan fingerprint density at radius 2 is 1.85 bits per heavy atom. The summed E-state index contributed by atoms with van der Waals surface area (Å²) in [5.41, 5.74) is 0.979. The van der Waals surface area contributed by atoms with Gasteiger partial charge in [-0.2, -0.15) is 4.98 Å². The van der Waals surface area contributed by atoms with Gasteiger partial charge in [0, 0.05) is 44.0 Å². The number of rotatable bonds is 6. The number of benzene rings is 1. The average molecular weight is 365 g/mol. The Morgan fingerprint density at radius 3 is 2.59 bits per heavy atom. The lowest BCUT2D eigenvalue weighted by molar-refractivity contribution is 0.350. The summed E-state index contributed by atoms with van der Waals surface area (Å²) in [7, 11) is 4.04. The van der Waals surface area contributed by atoms with Gasteiger partial charge in [-0.1, -0.05) is 12.1 Å². The van der Waals surface area contributed by atoms with Crippen LogP contribution in [0.4, 0.5) is 11.8 Å². The summed E-state index contributed by atoms with van der Waals surface area (Å²) < 4.78 is 0. The molecular formula is C20H27N7. The van der Waals surface area contributed by atoms with Crippen LogP contribution >= 0.6 is 0 Å². The highest BCUT2D eigenvalue weighted by molar-refractivity contribution is 5.90. The average Bonchev–Trinajstić information content (AvgIpc) is 3.20. The minimum atomic E-state index is 0.419. The third-order valence-electron chi connectivity index (χ3n) is 5.18. The lowest BCUT2D eigenvalue weighted by atomic mass is 9.91. The molecule has 1 aliphatic carbocycles. The molecule has 0 saturated heterocycles. The largest absolute Gasteiger partial charge is 0.362 e. The molecule has 0 amide bonds. The highest BCUT2D eigenvalue weighted by atomic mass is 15.2. The van der Waals surface area contributed by atoms with Crippen molar-refractivity contribution in [3.8, 4) is 0 Å². The van der Waals surface area contributed by atoms with Gasteiger partial charge in [-0.3, -0.25) is 0 Å². The van der Waals surface area contributed by atoms with E-state index in [1.165, 1.54) is 0 Å². The van der Waals surface area contributed by atoms with Crippen molar-refractivity contribution in [2.75, 3.05) is 24.3 Å². The zero-order valence-electron chi connectivity index (χ0n) is 15.9. The Morgan fingerprint density at radius 1 is 1.07 bits per heavy atom. The van der Waals surface area contributed by atoms with E-state index in [1.807, 2.05) is 43.4 Å². The van der Waals surface area contributed by atoms with Crippen molar-refractivity contribution in [2.24, 2.45) is 0 Å². The molecule has 0 spiro atoms. The predicted molar refractivity (Wildman–Crippen MR) is 109 cm³/mol. The highest BCUT2D eigenvalue weighted by Crippen LogP contribution is 2.26. The second-order valence-corrected chi connectivity index (χ2v) is 7.39. The van der Waals surface area contributed by atoms with Crippen molar-refractivity contribution in [3.05, 3.63) is 42.5 Å². The van der Waals surface area contributed by atoms with E-state index in [1.54, 1.807) is 6.20 Å². The number of nitrogens with one attached hydrogen (secondary N) is 3. The number of H-pyrrole nitrogens is 1. The SMILES string of the molecule is CN(C)c1nc(NC2CCC(NCc3ncc[nH]3)CC2)nc2ccccc12. The Balaban J connectivity index is 1.37. The summed E-state index contributed by atoms with van der Waals surface area (Å²) in [4.78, 5) is 18.9. The first-order valence-corrected chi connectivity index (χ1v) is 9.61. The van der Waals surface area contributed by atoms with Gasteiger partial charge in [0.1, 0.15) is 11.6 Å². The molecule has 1 aliphatic rings. The van der Waals surface area contributed by atoms with E-state index in [4.69, 9.17) is 9.97 Å². The molecule has 0 unspecified atom stereocenters. The van der Waals surface area contributed by atoms with Crippen molar-refractivity contribution in [1.82, 2.24) is 25.3 Å². The first-order chi connectivity index (χ1) is 13.2. The molecule has 0 radical (unpaired) electrons. The van der Waals surface area contributed by atoms with E-state index < -0.39 is 0 Å². The lowest BCUT2D eigenvalue weighted by Gasteiger charge is -2.30. The monoisotopic (exact) mass is 365 g/mol. The van der Waals surface area contributed by atoms with Gasteiger partial charge in [-0.25, -0.2) is 9.97 Å². The summed E-state index contributed by atoms with van der Waals surface area (Å²) in [6, 6.07) is 9.14. The van der Waals surface area contributed by atoms with Crippen LogP contribution in [0.1, 0.15) is 31.5 Å². The summed E-state index contributed by atoms with van der Waals surface area (Å²) in [6.07, 6.45) is 8.18. The topological polar surface area (TPSA) is 81.8 Å². The first-order valence-electron chi connectivity index (χ1n) is 9.61. The third-order valence-corrected chi connectivity index (χ3v) is 5.18.